The summed E-state index contributed by atoms with van der Waals surface area (Å²) >= 11 is 0. The molecule has 3 heterocycles. The van der Waals surface area contributed by atoms with Gasteiger partial charge < -0.3 is 38.7 Å². The molecule has 3 aliphatic carbocycles. The van der Waals surface area contributed by atoms with Gasteiger partial charge in [0.15, 0.2) is 11.4 Å². The number of carbonyl (C=O) groups is 3. The van der Waals surface area contributed by atoms with Gasteiger partial charge in [0.1, 0.15) is 5.69 Å². The number of carbonyl (C=O) groups excluding carboxylic acids is 2. The maximum absolute atomic E-state index is 11.2. The van der Waals surface area contributed by atoms with Crippen molar-refractivity contribution in [3.8, 4) is 0 Å². The summed E-state index contributed by atoms with van der Waals surface area (Å²) in [6, 6.07) is 1.08. The molecule has 15 heteroatoms. The summed E-state index contributed by atoms with van der Waals surface area (Å²) in [5, 5.41) is 25.0. The van der Waals surface area contributed by atoms with Gasteiger partial charge in [-0.15, -0.1) is 0 Å². The number of aromatic amines is 1. The maximum Gasteiger partial charge on any atom is 0.454 e. The monoisotopic (exact) mass is 558 g/mol. The van der Waals surface area contributed by atoms with Gasteiger partial charge in [0.05, 0.1) is 38.4 Å². The summed E-state index contributed by atoms with van der Waals surface area (Å²) < 4.78 is 13.3. The molecule has 0 bridgehead atoms. The molecular formula is C25H35BN6O8. The Kier molecular flexibility index (Phi) is 11.4. The highest BCUT2D eigenvalue weighted by molar-refractivity contribution is 6.44. The highest BCUT2D eigenvalue weighted by atomic mass is 16.5. The van der Waals surface area contributed by atoms with Gasteiger partial charge in [-0.05, 0) is 45.3 Å². The van der Waals surface area contributed by atoms with Crippen LogP contribution in [-0.4, -0.2) is 82.5 Å². The minimum atomic E-state index is -1.04. The molecule has 0 aliphatic heterocycles. The second-order valence-electron chi connectivity index (χ2n) is 9.34. The van der Waals surface area contributed by atoms with Crippen molar-refractivity contribution < 1.29 is 39.0 Å². The summed E-state index contributed by atoms with van der Waals surface area (Å²) in [6.07, 6.45) is 16.2. The van der Waals surface area contributed by atoms with Crippen LogP contribution in [0.15, 0.2) is 37.6 Å². The van der Waals surface area contributed by atoms with Crippen molar-refractivity contribution in [1.29, 1.82) is 0 Å². The maximum atomic E-state index is 11.2. The summed E-state index contributed by atoms with van der Waals surface area (Å²) in [5.74, 6) is -1.43. The fourth-order valence-electron chi connectivity index (χ4n) is 3.21. The van der Waals surface area contributed by atoms with Crippen molar-refractivity contribution in [2.24, 2.45) is 0 Å². The molecule has 3 aromatic heterocycles. The molecule has 0 saturated heterocycles. The number of H-pyrrole nitrogens is 1. The number of aromatic carboxylic acids is 1. The Morgan fingerprint density at radius 3 is 1.80 bits per heavy atom. The number of esters is 2. The molecule has 0 atom stereocenters. The van der Waals surface area contributed by atoms with Crippen LogP contribution in [0.1, 0.15) is 95.9 Å². The Morgan fingerprint density at radius 2 is 1.43 bits per heavy atom. The molecular weight excluding hydrogens is 523 g/mol. The van der Waals surface area contributed by atoms with Crippen molar-refractivity contribution in [3.63, 3.8) is 0 Å². The molecule has 3 aromatic rings. The van der Waals surface area contributed by atoms with Crippen LogP contribution in [0.5, 0.6) is 0 Å². The van der Waals surface area contributed by atoms with E-state index in [0.717, 1.165) is 25.7 Å². The number of ether oxygens (including phenoxy) is 2. The third-order valence-electron chi connectivity index (χ3n) is 5.88. The van der Waals surface area contributed by atoms with Crippen LogP contribution in [-0.2, 0) is 9.47 Å². The van der Waals surface area contributed by atoms with Gasteiger partial charge in [0, 0.05) is 24.5 Å². The molecule has 3 fully saturated rings. The Bertz CT molecular complexity index is 1220. The molecule has 6 rings (SSSR count). The molecule has 0 radical (unpaired) electrons. The highest BCUT2D eigenvalue weighted by Gasteiger charge is 2.33. The van der Waals surface area contributed by atoms with Crippen LogP contribution in [0.25, 0.3) is 0 Å². The van der Waals surface area contributed by atoms with Crippen molar-refractivity contribution in [2.45, 2.75) is 70.3 Å². The Labute approximate surface area is 231 Å². The first kappa shape index (κ1) is 30.6. The first-order valence-electron chi connectivity index (χ1n) is 13.2. The average Bonchev–Trinajstić information content (AvgIpc) is 3.92. The number of nitrogens with one attached hydrogen (secondary N) is 1. The smallest absolute Gasteiger partial charge is 0.454 e. The summed E-state index contributed by atoms with van der Waals surface area (Å²) in [4.78, 5) is 46.4. The van der Waals surface area contributed by atoms with Gasteiger partial charge in [-0.25, -0.2) is 29.3 Å². The van der Waals surface area contributed by atoms with E-state index in [1.54, 1.807) is 38.9 Å². The van der Waals surface area contributed by atoms with E-state index >= 15 is 0 Å². The lowest BCUT2D eigenvalue weighted by Crippen LogP contribution is -2.09. The Morgan fingerprint density at radius 1 is 0.900 bits per heavy atom. The van der Waals surface area contributed by atoms with E-state index in [1.807, 2.05) is 9.13 Å². The van der Waals surface area contributed by atoms with E-state index in [-0.39, 0.29) is 23.4 Å². The predicted molar refractivity (Wildman–Crippen MR) is 142 cm³/mol. The number of aromatic nitrogens is 6. The Hall–Kier alpha value is -3.98. The number of imidazole rings is 3. The largest absolute Gasteiger partial charge is 0.476 e. The first-order chi connectivity index (χ1) is 19.2. The molecule has 216 valence electrons. The van der Waals surface area contributed by atoms with E-state index in [9.17, 15) is 14.4 Å². The van der Waals surface area contributed by atoms with E-state index in [2.05, 4.69) is 24.7 Å². The van der Waals surface area contributed by atoms with Gasteiger partial charge in [0.2, 0.25) is 0 Å². The number of hydrogen-bond donors (Lipinski definition) is 4. The van der Waals surface area contributed by atoms with E-state index < -0.39 is 13.1 Å². The highest BCUT2D eigenvalue weighted by Crippen LogP contribution is 2.37. The molecule has 0 amide bonds. The van der Waals surface area contributed by atoms with Gasteiger partial charge in [0.25, 0.3) is 0 Å². The Balaban J connectivity index is 0.000000151. The second-order valence-corrected chi connectivity index (χ2v) is 9.34. The standard InChI is InChI=1S/C9H12N2O2.C7H8N2O2.C6H8N2O2.C3H7BO2/c1-2-13-9(12)8-5-11(6-10-8)7-3-4-7;10-7(11)6-3-9(4-8-6)5-1-2-5;1-2-10-6(9)5-3-7-4-8-5;5-4(6)3-1-2-3/h5-7H,2-4H2,1H3;3-5H,1-2H2,(H,10,11);3-4H,2H2,1H3,(H,7,8);3,5-6H,1-2H2. The van der Waals surface area contributed by atoms with E-state index in [0.29, 0.717) is 36.7 Å². The zero-order valence-electron chi connectivity index (χ0n) is 22.5. The molecule has 0 aromatic carbocycles. The van der Waals surface area contributed by atoms with Crippen molar-refractivity contribution in [1.82, 2.24) is 29.1 Å². The zero-order valence-corrected chi connectivity index (χ0v) is 22.5. The number of hydrogen-bond acceptors (Lipinski definition) is 10. The number of carboxylic acids is 1. The van der Waals surface area contributed by atoms with Crippen LogP contribution in [0.2, 0.25) is 5.82 Å². The minimum Gasteiger partial charge on any atom is -0.476 e. The molecule has 3 saturated carbocycles. The summed E-state index contributed by atoms with van der Waals surface area (Å²) in [6.45, 7) is 4.33. The summed E-state index contributed by atoms with van der Waals surface area (Å²) in [5.41, 5.74) is 0.938. The third-order valence-corrected chi connectivity index (χ3v) is 5.88. The predicted octanol–water partition coefficient (Wildman–Crippen LogP) is 2.52. The van der Waals surface area contributed by atoms with Crippen molar-refractivity contribution >= 4 is 25.0 Å². The van der Waals surface area contributed by atoms with Gasteiger partial charge in [-0.3, -0.25) is 0 Å². The minimum absolute atomic E-state index is 0.136. The molecule has 14 nitrogen and oxygen atoms in total. The lowest BCUT2D eigenvalue weighted by molar-refractivity contribution is 0.0510. The number of rotatable bonds is 8. The van der Waals surface area contributed by atoms with Crippen molar-refractivity contribution in [3.05, 3.63) is 54.7 Å². The van der Waals surface area contributed by atoms with Crippen LogP contribution in [0.4, 0.5) is 0 Å². The molecule has 0 spiro atoms. The molecule has 40 heavy (non-hydrogen) atoms. The lowest BCUT2D eigenvalue weighted by atomic mass is 9.84. The van der Waals surface area contributed by atoms with Gasteiger partial charge in [-0.1, -0.05) is 12.8 Å². The van der Waals surface area contributed by atoms with Gasteiger partial charge in [-0.2, -0.15) is 0 Å². The van der Waals surface area contributed by atoms with Crippen LogP contribution in [0, 0.1) is 0 Å². The van der Waals surface area contributed by atoms with Crippen LogP contribution >= 0.6 is 0 Å². The molecule has 3 aliphatic rings. The summed E-state index contributed by atoms with van der Waals surface area (Å²) in [7, 11) is -1.04. The first-order valence-corrected chi connectivity index (χ1v) is 13.2. The topological polar surface area (TPSA) is 195 Å². The van der Waals surface area contributed by atoms with E-state index in [4.69, 9.17) is 19.9 Å². The van der Waals surface area contributed by atoms with Crippen LogP contribution < -0.4 is 0 Å². The number of carboxylic acid groups (broad SMARTS) is 1. The number of nitrogens with zero attached hydrogens (tertiary/aromatic N) is 5. The fraction of sp³-hybridized carbons (Fsp3) is 0.520. The molecule has 4 N–H and O–H groups in total. The van der Waals surface area contributed by atoms with E-state index in [1.165, 1.54) is 25.4 Å². The zero-order chi connectivity index (χ0) is 29.1. The lowest BCUT2D eigenvalue weighted by Gasteiger charge is -1.96. The SMILES string of the molecule is CCOC(=O)c1cn(C2CC2)cn1.CCOC(=O)c1cnc[nH]1.O=C(O)c1cn(C2CC2)cn1.OB(O)C1CC1. The fourth-order valence-corrected chi connectivity index (χ4v) is 3.21. The normalized spacial score (nSPS) is 15.2. The molecule has 0 unspecified atom stereocenters. The van der Waals surface area contributed by atoms with Crippen LogP contribution in [0.3, 0.4) is 0 Å². The quantitative estimate of drug-likeness (QED) is 0.234. The average molecular weight is 558 g/mol. The van der Waals surface area contributed by atoms with Gasteiger partial charge >= 0.3 is 25.0 Å². The third kappa shape index (κ3) is 10.3. The van der Waals surface area contributed by atoms with Crippen molar-refractivity contribution in [2.75, 3.05) is 13.2 Å². The second kappa shape index (κ2) is 15.0.